The minimum Gasteiger partial charge on any atom is -0.475 e. The van der Waals surface area contributed by atoms with Gasteiger partial charge in [0.25, 0.3) is 5.56 Å². The van der Waals surface area contributed by atoms with Crippen molar-refractivity contribution >= 4 is 33.9 Å². The van der Waals surface area contributed by atoms with Crippen molar-refractivity contribution in [3.05, 3.63) is 51.4 Å². The Morgan fingerprint density at radius 3 is 2.90 bits per heavy atom. The summed E-state index contributed by atoms with van der Waals surface area (Å²) in [6, 6.07) is 8.29. The maximum Gasteiger partial charge on any atom is 0.349 e. The van der Waals surface area contributed by atoms with Gasteiger partial charge in [-0.3, -0.25) is 9.59 Å². The van der Waals surface area contributed by atoms with Crippen LogP contribution >= 0.6 is 11.3 Å². The molecule has 0 fully saturated rings. The number of hydrogen-bond donors (Lipinski definition) is 0. The minimum absolute atomic E-state index is 0.0506. The molecular weight excluding hydrogens is 396 g/mol. The highest BCUT2D eigenvalue weighted by Crippen LogP contribution is 2.33. The lowest BCUT2D eigenvalue weighted by Gasteiger charge is -2.33. The topological polar surface area (TPSA) is 103 Å². The van der Waals surface area contributed by atoms with Crippen molar-refractivity contribution in [1.29, 1.82) is 0 Å². The lowest BCUT2D eigenvalue weighted by molar-refractivity contribution is -0.153. The molecule has 29 heavy (non-hydrogen) atoms. The number of anilines is 1. The van der Waals surface area contributed by atoms with E-state index < -0.39 is 12.1 Å². The summed E-state index contributed by atoms with van der Waals surface area (Å²) in [5, 5.41) is 4.98. The second kappa shape index (κ2) is 7.63. The first-order valence-corrected chi connectivity index (χ1v) is 9.87. The molecule has 2 aromatic heterocycles. The second-order valence-electron chi connectivity index (χ2n) is 6.44. The van der Waals surface area contributed by atoms with Crippen LogP contribution in [0.3, 0.4) is 0 Å². The van der Waals surface area contributed by atoms with Gasteiger partial charge in [-0.2, -0.15) is 9.61 Å². The summed E-state index contributed by atoms with van der Waals surface area (Å²) in [5.74, 6) is -0.396. The van der Waals surface area contributed by atoms with Crippen molar-refractivity contribution in [2.75, 3.05) is 11.4 Å². The third-order valence-electron chi connectivity index (χ3n) is 4.42. The van der Waals surface area contributed by atoms with Crippen LogP contribution in [0.15, 0.2) is 35.1 Å². The normalized spacial score (nSPS) is 15.7. The summed E-state index contributed by atoms with van der Waals surface area (Å²) in [4.78, 5) is 43.0. The fourth-order valence-electron chi connectivity index (χ4n) is 3.01. The maximum absolute atomic E-state index is 12.5. The third kappa shape index (κ3) is 3.70. The number of hydrogen-bond acceptors (Lipinski definition) is 8. The predicted octanol–water partition coefficient (Wildman–Crippen LogP) is 1.57. The monoisotopic (exact) mass is 414 g/mol. The van der Waals surface area contributed by atoms with E-state index >= 15 is 0 Å². The van der Waals surface area contributed by atoms with Crippen molar-refractivity contribution in [3.63, 3.8) is 0 Å². The summed E-state index contributed by atoms with van der Waals surface area (Å²) in [6.45, 7) is 3.25. The maximum atomic E-state index is 12.5. The molecule has 0 aliphatic carbocycles. The van der Waals surface area contributed by atoms with E-state index in [4.69, 9.17) is 9.47 Å². The number of aryl methyl sites for hydroxylation is 1. The number of fused-ring (bicyclic) bond motifs is 2. The Hall–Kier alpha value is -3.27. The molecule has 150 valence electrons. The molecule has 4 rings (SSSR count). The number of benzene rings is 1. The van der Waals surface area contributed by atoms with Crippen LogP contribution in [-0.4, -0.2) is 39.1 Å². The van der Waals surface area contributed by atoms with Gasteiger partial charge >= 0.3 is 5.97 Å². The molecule has 0 spiro atoms. The zero-order chi connectivity index (χ0) is 20.5. The Balaban J connectivity index is 1.49. The van der Waals surface area contributed by atoms with Crippen LogP contribution < -0.4 is 15.2 Å². The Labute approximate surface area is 169 Å². The molecule has 0 unspecified atom stereocenters. The van der Waals surface area contributed by atoms with Crippen molar-refractivity contribution in [3.8, 4) is 5.75 Å². The molecule has 1 aromatic carbocycles. The van der Waals surface area contributed by atoms with Crippen molar-refractivity contribution in [2.45, 2.75) is 33.0 Å². The van der Waals surface area contributed by atoms with Crippen LogP contribution in [0.5, 0.6) is 5.75 Å². The molecule has 9 nitrogen and oxygen atoms in total. The Bertz CT molecular complexity index is 1150. The van der Waals surface area contributed by atoms with Crippen LogP contribution in [0.4, 0.5) is 5.69 Å². The molecule has 1 amide bonds. The van der Waals surface area contributed by atoms with Crippen LogP contribution in [0.2, 0.25) is 0 Å². The number of esters is 1. The van der Waals surface area contributed by atoms with E-state index in [2.05, 4.69) is 10.1 Å². The van der Waals surface area contributed by atoms with Gasteiger partial charge in [0, 0.05) is 13.0 Å². The van der Waals surface area contributed by atoms with Gasteiger partial charge in [0.05, 0.1) is 17.9 Å². The van der Waals surface area contributed by atoms with E-state index in [1.807, 2.05) is 6.92 Å². The quantitative estimate of drug-likeness (QED) is 0.597. The van der Waals surface area contributed by atoms with E-state index in [0.29, 0.717) is 28.5 Å². The zero-order valence-electron chi connectivity index (χ0n) is 15.8. The Morgan fingerprint density at radius 1 is 1.34 bits per heavy atom. The number of carbonyl (C=O) groups excluding carboxylic acids is 2. The number of carbonyl (C=O) groups is 2. The first-order chi connectivity index (χ1) is 14.0. The van der Waals surface area contributed by atoms with Gasteiger partial charge in [-0.15, -0.1) is 0 Å². The minimum atomic E-state index is -0.964. The molecule has 3 aromatic rings. The predicted molar refractivity (Wildman–Crippen MR) is 105 cm³/mol. The van der Waals surface area contributed by atoms with E-state index in [1.54, 1.807) is 24.3 Å². The van der Waals surface area contributed by atoms with E-state index in [9.17, 15) is 14.4 Å². The van der Waals surface area contributed by atoms with E-state index in [1.165, 1.54) is 33.7 Å². The van der Waals surface area contributed by atoms with Gasteiger partial charge in [-0.25, -0.2) is 9.78 Å². The van der Waals surface area contributed by atoms with Crippen LogP contribution in [0.25, 0.3) is 4.96 Å². The molecule has 0 N–H and O–H groups in total. The number of amides is 1. The van der Waals surface area contributed by atoms with Crippen LogP contribution in [0.1, 0.15) is 24.5 Å². The molecule has 0 radical (unpaired) electrons. The first-order valence-electron chi connectivity index (χ1n) is 9.05. The lowest BCUT2D eigenvalue weighted by atomic mass is 10.2. The molecule has 0 saturated carbocycles. The molecule has 1 atom stereocenters. The van der Waals surface area contributed by atoms with Gasteiger partial charge < -0.3 is 14.4 Å². The highest BCUT2D eigenvalue weighted by molar-refractivity contribution is 7.16. The summed E-state index contributed by atoms with van der Waals surface area (Å²) in [6.07, 6.45) is -0.265. The Morgan fingerprint density at radius 2 is 2.14 bits per heavy atom. The second-order valence-corrected chi connectivity index (χ2v) is 7.48. The molecule has 3 heterocycles. The third-order valence-corrected chi connectivity index (χ3v) is 5.47. The SMILES string of the molecule is CCc1nn2c(=O)cc(COC(=O)[C@@H]3CN(C(C)=O)c4ccccc4O3)nc2s1. The lowest BCUT2D eigenvalue weighted by Crippen LogP contribution is -2.47. The Kier molecular flexibility index (Phi) is 5.01. The summed E-state index contributed by atoms with van der Waals surface area (Å²) >= 11 is 1.32. The number of ether oxygens (including phenoxy) is 2. The van der Waals surface area contributed by atoms with Gasteiger partial charge in [-0.1, -0.05) is 30.4 Å². The van der Waals surface area contributed by atoms with Gasteiger partial charge in [0.1, 0.15) is 17.4 Å². The fourth-order valence-corrected chi connectivity index (χ4v) is 3.86. The van der Waals surface area contributed by atoms with Crippen molar-refractivity contribution in [1.82, 2.24) is 14.6 Å². The fraction of sp³-hybridized carbons (Fsp3) is 0.316. The molecular formula is C19H18N4O5S. The number of rotatable bonds is 4. The van der Waals surface area contributed by atoms with Gasteiger partial charge in [-0.05, 0) is 18.6 Å². The van der Waals surface area contributed by atoms with Crippen molar-refractivity contribution < 1.29 is 19.1 Å². The standard InChI is InChI=1S/C19H18N4O5S/c1-3-16-21-23-17(25)8-12(20-19(23)29-16)10-27-18(26)15-9-22(11(2)24)13-6-4-5-7-14(13)28-15/h4-8,15H,3,9-10H2,1-2H3/t15-/m0/s1. The average Bonchev–Trinajstić information content (AvgIpc) is 3.15. The van der Waals surface area contributed by atoms with Crippen molar-refractivity contribution in [2.24, 2.45) is 0 Å². The van der Waals surface area contributed by atoms with Gasteiger partial charge in [0.15, 0.2) is 0 Å². The van der Waals surface area contributed by atoms with Crippen LogP contribution in [-0.2, 0) is 27.4 Å². The highest BCUT2D eigenvalue weighted by atomic mass is 32.1. The summed E-state index contributed by atoms with van der Waals surface area (Å²) in [7, 11) is 0. The average molecular weight is 414 g/mol. The number of para-hydroxylation sites is 2. The summed E-state index contributed by atoms with van der Waals surface area (Å²) < 4.78 is 12.3. The van der Waals surface area contributed by atoms with E-state index in [0.717, 1.165) is 5.01 Å². The zero-order valence-corrected chi connectivity index (χ0v) is 16.6. The molecule has 1 aliphatic rings. The molecule has 0 saturated heterocycles. The van der Waals surface area contributed by atoms with E-state index in [-0.39, 0.29) is 24.6 Å². The molecule has 10 heteroatoms. The molecule has 0 bridgehead atoms. The van der Waals surface area contributed by atoms with Gasteiger partial charge in [0.2, 0.25) is 17.0 Å². The summed E-state index contributed by atoms with van der Waals surface area (Å²) in [5.41, 5.74) is 0.609. The highest BCUT2D eigenvalue weighted by Gasteiger charge is 2.33. The largest absolute Gasteiger partial charge is 0.475 e. The van der Waals surface area contributed by atoms with Crippen LogP contribution in [0, 0.1) is 0 Å². The first kappa shape index (κ1) is 19.1. The number of aromatic nitrogens is 3. The molecule has 1 aliphatic heterocycles. The number of nitrogens with zero attached hydrogens (tertiary/aromatic N) is 4. The smallest absolute Gasteiger partial charge is 0.349 e.